The first kappa shape index (κ1) is 32.8. The third-order valence-electron chi connectivity index (χ3n) is 7.25. The summed E-state index contributed by atoms with van der Waals surface area (Å²) in [5, 5.41) is 2.70. The smallest absolute Gasteiger partial charge is 0.410 e. The lowest BCUT2D eigenvalue weighted by Crippen LogP contribution is -2.50. The molecule has 2 heterocycles. The summed E-state index contributed by atoms with van der Waals surface area (Å²) >= 11 is 0. The van der Waals surface area contributed by atoms with Crippen LogP contribution < -0.4 is 10.2 Å². The highest BCUT2D eigenvalue weighted by Gasteiger charge is 2.28. The van der Waals surface area contributed by atoms with Crippen molar-refractivity contribution in [3.05, 3.63) is 64.7 Å². The zero-order valence-electron chi connectivity index (χ0n) is 26.6. The molecule has 0 unspecified atom stereocenters. The molecule has 0 aliphatic carbocycles. The first-order valence-electron chi connectivity index (χ1n) is 14.8. The molecule has 238 valence electrons. The van der Waals surface area contributed by atoms with Gasteiger partial charge in [0.25, 0.3) is 5.91 Å². The van der Waals surface area contributed by atoms with Gasteiger partial charge < -0.3 is 29.5 Å². The number of rotatable bonds is 4. The summed E-state index contributed by atoms with van der Waals surface area (Å²) in [6.07, 6.45) is 1.46. The lowest BCUT2D eigenvalue weighted by atomic mass is 9.96. The molecular weight excluding hydrogens is 570 g/mol. The lowest BCUT2D eigenvalue weighted by molar-refractivity contribution is 0.0237. The number of carbonyl (C=O) groups is 3. The maximum atomic E-state index is 15.2. The van der Waals surface area contributed by atoms with Gasteiger partial charge in [-0.2, -0.15) is 0 Å². The molecule has 1 N–H and O–H groups in total. The number of aryl methyl sites for hydroxylation is 1. The van der Waals surface area contributed by atoms with Gasteiger partial charge in [0.1, 0.15) is 22.8 Å². The minimum absolute atomic E-state index is 0.0970. The van der Waals surface area contributed by atoms with Crippen molar-refractivity contribution < 1.29 is 32.6 Å². The molecule has 0 radical (unpaired) electrons. The van der Waals surface area contributed by atoms with Crippen LogP contribution in [0.2, 0.25) is 0 Å². The standard InChI is InChI=1S/C33H42F2N4O5/c1-21-18-24(22-10-12-38(13-11-22)30(41)43-32(2,3)4)25(34)20-27(21)36-29(40)23-8-9-28(26(35)19-23)37-14-16-39(17-15-37)31(42)44-33(5,6)7/h8-10,18-20H,11-17H2,1-7H3,(H,36,40). The number of amides is 3. The van der Waals surface area contributed by atoms with Crippen LogP contribution in [0.4, 0.5) is 29.7 Å². The van der Waals surface area contributed by atoms with Gasteiger partial charge in [-0.05, 0) is 96.4 Å². The van der Waals surface area contributed by atoms with Gasteiger partial charge in [-0.15, -0.1) is 0 Å². The number of piperazine rings is 1. The van der Waals surface area contributed by atoms with Crippen molar-refractivity contribution in [3.8, 4) is 0 Å². The summed E-state index contributed by atoms with van der Waals surface area (Å²) in [7, 11) is 0. The van der Waals surface area contributed by atoms with Gasteiger partial charge in [0.05, 0.1) is 5.69 Å². The first-order valence-corrected chi connectivity index (χ1v) is 14.8. The van der Waals surface area contributed by atoms with Crippen molar-refractivity contribution >= 4 is 35.0 Å². The molecule has 9 nitrogen and oxygen atoms in total. The molecule has 1 saturated heterocycles. The van der Waals surface area contributed by atoms with E-state index in [-0.39, 0.29) is 11.3 Å². The van der Waals surface area contributed by atoms with E-state index in [1.54, 1.807) is 70.4 Å². The minimum Gasteiger partial charge on any atom is -0.444 e. The van der Waals surface area contributed by atoms with Crippen LogP contribution in [0.25, 0.3) is 5.57 Å². The van der Waals surface area contributed by atoms with Gasteiger partial charge in [0.2, 0.25) is 0 Å². The molecule has 0 saturated carbocycles. The average Bonchev–Trinajstić information content (AvgIpc) is 2.93. The van der Waals surface area contributed by atoms with Gasteiger partial charge in [0, 0.05) is 56.1 Å². The van der Waals surface area contributed by atoms with Crippen LogP contribution in [0.15, 0.2) is 36.4 Å². The number of benzene rings is 2. The molecule has 0 bridgehead atoms. The third-order valence-corrected chi connectivity index (χ3v) is 7.25. The number of hydrogen-bond acceptors (Lipinski definition) is 6. The Balaban J connectivity index is 1.38. The fourth-order valence-electron chi connectivity index (χ4n) is 5.02. The van der Waals surface area contributed by atoms with Gasteiger partial charge in [-0.1, -0.05) is 6.08 Å². The molecule has 44 heavy (non-hydrogen) atoms. The zero-order chi connectivity index (χ0) is 32.4. The predicted octanol–water partition coefficient (Wildman–Crippen LogP) is 6.61. The molecule has 11 heteroatoms. The van der Waals surface area contributed by atoms with Crippen LogP contribution in [-0.4, -0.2) is 78.4 Å². The van der Waals surface area contributed by atoms with E-state index in [0.29, 0.717) is 62.5 Å². The normalized spacial score (nSPS) is 15.9. The molecule has 2 aromatic carbocycles. The average molecular weight is 613 g/mol. The molecule has 2 aromatic rings. The van der Waals surface area contributed by atoms with E-state index >= 15 is 8.78 Å². The van der Waals surface area contributed by atoms with Crippen molar-refractivity contribution in [1.29, 1.82) is 0 Å². The number of nitrogens with zero attached hydrogens (tertiary/aromatic N) is 3. The third kappa shape index (κ3) is 8.27. The Kier molecular flexibility index (Phi) is 9.56. The Hall–Kier alpha value is -4.15. The number of ether oxygens (including phenoxy) is 2. The molecule has 4 rings (SSSR count). The summed E-state index contributed by atoms with van der Waals surface area (Å²) in [4.78, 5) is 42.7. The maximum absolute atomic E-state index is 15.2. The second-order valence-corrected chi connectivity index (χ2v) is 13.1. The Morgan fingerprint density at radius 1 is 0.795 bits per heavy atom. The predicted molar refractivity (Wildman–Crippen MR) is 166 cm³/mol. The summed E-state index contributed by atoms with van der Waals surface area (Å²) in [6, 6.07) is 7.16. The number of carbonyl (C=O) groups excluding carboxylic acids is 3. The minimum atomic E-state index is -0.598. The van der Waals surface area contributed by atoms with Crippen LogP contribution >= 0.6 is 0 Å². The molecule has 3 amide bonds. The van der Waals surface area contributed by atoms with Crippen molar-refractivity contribution in [2.75, 3.05) is 49.5 Å². The van der Waals surface area contributed by atoms with Crippen LogP contribution in [0.5, 0.6) is 0 Å². The Morgan fingerprint density at radius 3 is 1.95 bits per heavy atom. The van der Waals surface area contributed by atoms with Crippen molar-refractivity contribution in [3.63, 3.8) is 0 Å². The van der Waals surface area contributed by atoms with Crippen molar-refractivity contribution in [1.82, 2.24) is 9.80 Å². The van der Waals surface area contributed by atoms with Gasteiger partial charge >= 0.3 is 12.2 Å². The van der Waals surface area contributed by atoms with E-state index in [1.165, 1.54) is 12.1 Å². The quantitative estimate of drug-likeness (QED) is 0.418. The van der Waals surface area contributed by atoms with Crippen LogP contribution in [-0.2, 0) is 9.47 Å². The van der Waals surface area contributed by atoms with E-state index in [9.17, 15) is 14.4 Å². The van der Waals surface area contributed by atoms with Crippen LogP contribution in [0.1, 0.15) is 69.4 Å². The number of halogens is 2. The number of anilines is 2. The van der Waals surface area contributed by atoms with Gasteiger partial charge in [-0.25, -0.2) is 18.4 Å². The highest BCUT2D eigenvalue weighted by Crippen LogP contribution is 2.30. The Bertz CT molecular complexity index is 1450. The Labute approximate surface area is 257 Å². The largest absolute Gasteiger partial charge is 0.444 e. The van der Waals surface area contributed by atoms with Gasteiger partial charge in [-0.3, -0.25) is 4.79 Å². The fourth-order valence-corrected chi connectivity index (χ4v) is 5.02. The second kappa shape index (κ2) is 12.8. The molecule has 2 aliphatic rings. The number of hydrogen-bond donors (Lipinski definition) is 1. The molecule has 2 aliphatic heterocycles. The van der Waals surface area contributed by atoms with E-state index in [0.717, 1.165) is 11.6 Å². The Morgan fingerprint density at radius 2 is 1.41 bits per heavy atom. The molecule has 0 aromatic heterocycles. The zero-order valence-corrected chi connectivity index (χ0v) is 26.6. The number of nitrogens with one attached hydrogen (secondary N) is 1. The maximum Gasteiger partial charge on any atom is 0.410 e. The van der Waals surface area contributed by atoms with Crippen LogP contribution in [0.3, 0.4) is 0 Å². The SMILES string of the molecule is Cc1cc(C2=CCN(C(=O)OC(C)(C)C)CC2)c(F)cc1NC(=O)c1ccc(N2CCN(C(=O)OC(C)(C)C)CC2)c(F)c1. The molecule has 0 atom stereocenters. The van der Waals surface area contributed by atoms with Gasteiger partial charge in [0.15, 0.2) is 0 Å². The molecular formula is C33H42F2N4O5. The summed E-state index contributed by atoms with van der Waals surface area (Å²) < 4.78 is 41.2. The van der Waals surface area contributed by atoms with Crippen LogP contribution in [0, 0.1) is 18.6 Å². The highest BCUT2D eigenvalue weighted by atomic mass is 19.1. The van der Waals surface area contributed by atoms with E-state index in [4.69, 9.17) is 9.47 Å². The summed E-state index contributed by atoms with van der Waals surface area (Å²) in [5.41, 5.74) is 1.35. The monoisotopic (exact) mass is 612 g/mol. The first-order chi connectivity index (χ1) is 20.5. The lowest BCUT2D eigenvalue weighted by Gasteiger charge is -2.36. The van der Waals surface area contributed by atoms with Crippen molar-refractivity contribution in [2.45, 2.75) is 66.1 Å². The van der Waals surface area contributed by atoms with E-state index in [1.807, 2.05) is 11.0 Å². The van der Waals surface area contributed by atoms with E-state index in [2.05, 4.69) is 5.32 Å². The van der Waals surface area contributed by atoms with E-state index < -0.39 is 40.9 Å². The summed E-state index contributed by atoms with van der Waals surface area (Å²) in [6.45, 7) is 14.9. The molecule has 0 spiro atoms. The molecule has 1 fully saturated rings. The second-order valence-electron chi connectivity index (χ2n) is 13.1. The van der Waals surface area contributed by atoms with Crippen molar-refractivity contribution in [2.24, 2.45) is 0 Å². The topological polar surface area (TPSA) is 91.4 Å². The fraction of sp³-hybridized carbons (Fsp3) is 0.485. The highest BCUT2D eigenvalue weighted by molar-refractivity contribution is 6.05. The summed E-state index contributed by atoms with van der Waals surface area (Å²) in [5.74, 6) is -1.63.